The highest BCUT2D eigenvalue weighted by Gasteiger charge is 2.20. The molecule has 0 saturated heterocycles. The summed E-state index contributed by atoms with van der Waals surface area (Å²) in [6.45, 7) is 0.192. The number of nitrogens with two attached hydrogens (primary N) is 1. The molecule has 9 nitrogen and oxygen atoms in total. The summed E-state index contributed by atoms with van der Waals surface area (Å²) >= 11 is 0. The van der Waals surface area contributed by atoms with Crippen molar-refractivity contribution < 1.29 is 23.7 Å². The van der Waals surface area contributed by atoms with Gasteiger partial charge in [-0.2, -0.15) is 0 Å². The molecule has 0 amide bonds. The predicted molar refractivity (Wildman–Crippen MR) is 118 cm³/mol. The molecule has 0 unspecified atom stereocenters. The van der Waals surface area contributed by atoms with Crippen LogP contribution in [0.5, 0.6) is 28.7 Å². The molecular weight excluding hydrogens is 412 g/mol. The maximum Gasteiger partial charge on any atom is 0.231 e. The van der Waals surface area contributed by atoms with Crippen LogP contribution in [0.1, 0.15) is 0 Å². The Morgan fingerprint density at radius 2 is 1.59 bits per heavy atom. The molecule has 0 atom stereocenters. The number of anilines is 1. The number of ether oxygens (including phenoxy) is 5. The number of fused-ring (bicyclic) bond motifs is 2. The Balaban J connectivity index is 1.76. The summed E-state index contributed by atoms with van der Waals surface area (Å²) in [6.07, 6.45) is 1.40. The van der Waals surface area contributed by atoms with Gasteiger partial charge in [-0.25, -0.2) is 15.0 Å². The molecule has 0 aliphatic carbocycles. The summed E-state index contributed by atoms with van der Waals surface area (Å²) in [5.74, 6) is 3.25. The van der Waals surface area contributed by atoms with E-state index >= 15 is 0 Å². The van der Waals surface area contributed by atoms with E-state index in [9.17, 15) is 0 Å². The third-order valence-corrected chi connectivity index (χ3v) is 5.28. The number of aromatic nitrogens is 3. The van der Waals surface area contributed by atoms with Crippen LogP contribution in [0.15, 0.2) is 42.7 Å². The zero-order valence-electron chi connectivity index (χ0n) is 17.7. The Labute approximate surface area is 183 Å². The number of benzene rings is 2. The highest BCUT2D eigenvalue weighted by molar-refractivity contribution is 6.01. The Bertz CT molecular complexity index is 1320. The van der Waals surface area contributed by atoms with Gasteiger partial charge in [-0.15, -0.1) is 0 Å². The maximum absolute atomic E-state index is 6.22. The molecule has 0 saturated carbocycles. The Morgan fingerprint density at radius 3 is 2.31 bits per heavy atom. The minimum absolute atomic E-state index is 0.192. The molecule has 2 N–H and O–H groups in total. The molecule has 5 rings (SSSR count). The van der Waals surface area contributed by atoms with Crippen molar-refractivity contribution in [3.8, 4) is 51.1 Å². The van der Waals surface area contributed by atoms with Gasteiger partial charge in [-0.3, -0.25) is 0 Å². The number of hydrogen-bond acceptors (Lipinski definition) is 9. The molecule has 162 valence electrons. The number of rotatable bonds is 5. The Hall–Kier alpha value is -4.27. The number of nitrogens with zero attached hydrogens (tertiary/aromatic N) is 3. The van der Waals surface area contributed by atoms with Crippen molar-refractivity contribution in [1.82, 2.24) is 15.0 Å². The smallest absolute Gasteiger partial charge is 0.231 e. The van der Waals surface area contributed by atoms with Gasteiger partial charge >= 0.3 is 0 Å². The molecule has 0 fully saturated rings. The van der Waals surface area contributed by atoms with Gasteiger partial charge < -0.3 is 29.4 Å². The molecule has 2 aromatic carbocycles. The van der Waals surface area contributed by atoms with Crippen molar-refractivity contribution >= 4 is 16.9 Å². The van der Waals surface area contributed by atoms with E-state index in [2.05, 4.69) is 9.97 Å². The van der Waals surface area contributed by atoms with Gasteiger partial charge in [0.05, 0.1) is 32.4 Å². The highest BCUT2D eigenvalue weighted by Crippen LogP contribution is 2.43. The van der Waals surface area contributed by atoms with E-state index in [1.54, 1.807) is 21.3 Å². The second-order valence-electron chi connectivity index (χ2n) is 6.99. The van der Waals surface area contributed by atoms with Crippen LogP contribution < -0.4 is 29.4 Å². The summed E-state index contributed by atoms with van der Waals surface area (Å²) in [5.41, 5.74) is 9.80. The summed E-state index contributed by atoms with van der Waals surface area (Å²) < 4.78 is 27.4. The Morgan fingerprint density at radius 1 is 0.844 bits per heavy atom. The van der Waals surface area contributed by atoms with Crippen LogP contribution in [0.25, 0.3) is 33.4 Å². The standard InChI is InChI=1S/C23H20N4O5/c1-28-18-7-13(8-19(29-2)21(18)30-3)15-9-14(20-22(24)25-10-26-23(20)27-15)12-4-5-16-17(6-12)32-11-31-16/h4-10H,11H2,1-3H3,(H2,24,25,26,27). The minimum atomic E-state index is 0.192. The third-order valence-electron chi connectivity index (χ3n) is 5.28. The normalized spacial score (nSPS) is 12.1. The van der Waals surface area contributed by atoms with Gasteiger partial charge in [0.25, 0.3) is 0 Å². The number of nitrogen functional groups attached to an aromatic ring is 1. The van der Waals surface area contributed by atoms with Crippen molar-refractivity contribution in [2.24, 2.45) is 0 Å². The van der Waals surface area contributed by atoms with Crippen LogP contribution >= 0.6 is 0 Å². The second kappa shape index (κ2) is 7.77. The van der Waals surface area contributed by atoms with Crippen LogP contribution in [-0.2, 0) is 0 Å². The van der Waals surface area contributed by atoms with Gasteiger partial charge in [0.2, 0.25) is 12.5 Å². The topological polar surface area (TPSA) is 111 Å². The fraction of sp³-hybridized carbons (Fsp3) is 0.174. The number of pyridine rings is 1. The van der Waals surface area contributed by atoms with E-state index in [-0.39, 0.29) is 6.79 Å². The average Bonchev–Trinajstić information content (AvgIpc) is 3.30. The zero-order valence-corrected chi connectivity index (χ0v) is 17.7. The SMILES string of the molecule is COc1cc(-c2cc(-c3ccc4c(c3)OCO4)c3c(N)ncnc3n2)cc(OC)c1OC. The maximum atomic E-state index is 6.22. The summed E-state index contributed by atoms with van der Waals surface area (Å²) in [5, 5.41) is 0.655. The van der Waals surface area contributed by atoms with Gasteiger partial charge in [-0.1, -0.05) is 6.07 Å². The first kappa shape index (κ1) is 19.7. The van der Waals surface area contributed by atoms with E-state index in [0.717, 1.165) is 16.7 Å². The van der Waals surface area contributed by atoms with Gasteiger partial charge in [0.15, 0.2) is 28.6 Å². The van der Waals surface area contributed by atoms with E-state index < -0.39 is 0 Å². The molecule has 0 radical (unpaired) electrons. The first-order chi connectivity index (χ1) is 15.6. The van der Waals surface area contributed by atoms with Gasteiger partial charge in [0.1, 0.15) is 12.1 Å². The lowest BCUT2D eigenvalue weighted by molar-refractivity contribution is 0.174. The first-order valence-electron chi connectivity index (χ1n) is 9.74. The van der Waals surface area contributed by atoms with Crippen LogP contribution in [0.2, 0.25) is 0 Å². The largest absolute Gasteiger partial charge is 0.493 e. The quantitative estimate of drug-likeness (QED) is 0.505. The van der Waals surface area contributed by atoms with E-state index in [1.807, 2.05) is 36.4 Å². The van der Waals surface area contributed by atoms with Crippen molar-refractivity contribution in [1.29, 1.82) is 0 Å². The molecule has 0 spiro atoms. The minimum Gasteiger partial charge on any atom is -0.493 e. The number of methoxy groups -OCH3 is 3. The van der Waals surface area contributed by atoms with Gasteiger partial charge in [0, 0.05) is 5.56 Å². The molecule has 3 heterocycles. The lowest BCUT2D eigenvalue weighted by Crippen LogP contribution is -2.00. The zero-order chi connectivity index (χ0) is 22.2. The molecule has 1 aliphatic rings. The number of hydrogen-bond donors (Lipinski definition) is 1. The molecule has 2 aromatic heterocycles. The summed E-state index contributed by atoms with van der Waals surface area (Å²) in [7, 11) is 4.70. The van der Waals surface area contributed by atoms with Crippen LogP contribution in [0.3, 0.4) is 0 Å². The predicted octanol–water partition coefficient (Wildman–Crippen LogP) is 3.70. The van der Waals surface area contributed by atoms with Crippen molar-refractivity contribution in [3.05, 3.63) is 42.7 Å². The lowest BCUT2D eigenvalue weighted by atomic mass is 9.99. The first-order valence-corrected chi connectivity index (χ1v) is 9.74. The Kier molecular flexibility index (Phi) is 4.78. The van der Waals surface area contributed by atoms with Crippen LogP contribution in [0.4, 0.5) is 5.82 Å². The van der Waals surface area contributed by atoms with Crippen LogP contribution in [-0.4, -0.2) is 43.1 Å². The summed E-state index contributed by atoms with van der Waals surface area (Å²) in [6, 6.07) is 11.3. The molecule has 9 heteroatoms. The fourth-order valence-corrected chi connectivity index (χ4v) is 3.76. The van der Waals surface area contributed by atoms with E-state index in [4.69, 9.17) is 34.4 Å². The fourth-order valence-electron chi connectivity index (χ4n) is 3.76. The van der Waals surface area contributed by atoms with E-state index in [1.165, 1.54) is 6.33 Å². The third kappa shape index (κ3) is 3.15. The second-order valence-corrected chi connectivity index (χ2v) is 6.99. The molecule has 4 aromatic rings. The van der Waals surface area contributed by atoms with Crippen molar-refractivity contribution in [2.75, 3.05) is 33.9 Å². The lowest BCUT2D eigenvalue weighted by Gasteiger charge is -2.15. The van der Waals surface area contributed by atoms with Gasteiger partial charge in [-0.05, 0) is 41.5 Å². The van der Waals surface area contributed by atoms with E-state index in [0.29, 0.717) is 51.3 Å². The van der Waals surface area contributed by atoms with Crippen molar-refractivity contribution in [2.45, 2.75) is 0 Å². The molecular formula is C23H20N4O5. The monoisotopic (exact) mass is 432 g/mol. The highest BCUT2D eigenvalue weighted by atomic mass is 16.7. The van der Waals surface area contributed by atoms with Crippen LogP contribution in [0, 0.1) is 0 Å². The molecule has 0 bridgehead atoms. The molecule has 32 heavy (non-hydrogen) atoms. The average molecular weight is 432 g/mol. The van der Waals surface area contributed by atoms with Crippen molar-refractivity contribution in [3.63, 3.8) is 0 Å². The molecule has 1 aliphatic heterocycles. The summed E-state index contributed by atoms with van der Waals surface area (Å²) in [4.78, 5) is 13.3.